The van der Waals surface area contributed by atoms with Crippen LogP contribution in [-0.2, 0) is 0 Å². The Kier molecular flexibility index (Phi) is 5.38. The molecule has 2 rings (SSSR count). The lowest BCUT2D eigenvalue weighted by Crippen LogP contribution is -2.12. The van der Waals surface area contributed by atoms with Gasteiger partial charge in [-0.25, -0.2) is 4.68 Å². The minimum atomic E-state index is 0.609. The molecule has 0 unspecified atom stereocenters. The van der Waals surface area contributed by atoms with Crippen molar-refractivity contribution in [2.24, 2.45) is 10.1 Å². The van der Waals surface area contributed by atoms with E-state index in [1.165, 1.54) is 4.90 Å². The lowest BCUT2D eigenvalue weighted by Gasteiger charge is -1.99. The van der Waals surface area contributed by atoms with Gasteiger partial charge in [-0.3, -0.25) is 4.99 Å². The van der Waals surface area contributed by atoms with E-state index in [1.54, 1.807) is 29.2 Å². The Hall–Kier alpha value is -1.59. The van der Waals surface area contributed by atoms with Crippen molar-refractivity contribution in [2.75, 3.05) is 12.8 Å². The molecule has 0 fully saturated rings. The van der Waals surface area contributed by atoms with E-state index in [-0.39, 0.29) is 0 Å². The first kappa shape index (κ1) is 14.8. The van der Waals surface area contributed by atoms with Gasteiger partial charge in [0.2, 0.25) is 4.80 Å². The summed E-state index contributed by atoms with van der Waals surface area (Å²) in [6.07, 6.45) is 5.71. The number of nitrogens with zero attached hydrogens (tertiary/aromatic N) is 3. The average Bonchev–Trinajstić information content (AvgIpc) is 2.84. The van der Waals surface area contributed by atoms with Crippen molar-refractivity contribution in [3.8, 4) is 0 Å². The first-order valence-electron chi connectivity index (χ1n) is 6.21. The third-order valence-corrected chi connectivity index (χ3v) is 4.36. The molecule has 0 aliphatic rings. The maximum Gasteiger partial charge on any atom is 0.206 e. The fraction of sp³-hybridized carbons (Fsp3) is 0.200. The molecule has 1 heterocycles. The Balaban J connectivity index is 2.26. The highest BCUT2D eigenvalue weighted by atomic mass is 32.2. The second kappa shape index (κ2) is 7.26. The zero-order chi connectivity index (χ0) is 14.4. The summed E-state index contributed by atoms with van der Waals surface area (Å²) >= 11 is 3.32. The molecule has 0 aliphatic carbocycles. The van der Waals surface area contributed by atoms with E-state index in [2.05, 4.69) is 52.6 Å². The summed E-state index contributed by atoms with van der Waals surface area (Å²) in [4.78, 5) is 6.57. The monoisotopic (exact) mass is 303 g/mol. The number of hydrogen-bond donors (Lipinski definition) is 0. The minimum Gasteiger partial charge on any atom is -0.253 e. The second-order valence-electron chi connectivity index (χ2n) is 4.12. The standard InChI is InChI=1S/C15H17N3S2/c1-4-9-16-15-18(12(2)11-20-15)17-10-13-5-7-14(19-3)8-6-13/h4-8,10-11H,1,9H2,2-3H3. The van der Waals surface area contributed by atoms with Crippen LogP contribution in [0.4, 0.5) is 0 Å². The molecule has 0 aliphatic heterocycles. The highest BCUT2D eigenvalue weighted by Gasteiger charge is 1.98. The maximum atomic E-state index is 4.51. The van der Waals surface area contributed by atoms with Gasteiger partial charge in [0.15, 0.2) is 0 Å². The van der Waals surface area contributed by atoms with Crippen LogP contribution in [-0.4, -0.2) is 23.7 Å². The van der Waals surface area contributed by atoms with Crippen LogP contribution in [0.15, 0.2) is 57.3 Å². The predicted octanol–water partition coefficient (Wildman–Crippen LogP) is 3.55. The van der Waals surface area contributed by atoms with Crippen molar-refractivity contribution in [2.45, 2.75) is 11.8 Å². The predicted molar refractivity (Wildman–Crippen MR) is 88.9 cm³/mol. The summed E-state index contributed by atoms with van der Waals surface area (Å²) in [5.74, 6) is 0. The summed E-state index contributed by atoms with van der Waals surface area (Å²) in [6, 6.07) is 8.33. The Morgan fingerprint density at radius 3 is 2.75 bits per heavy atom. The molecular weight excluding hydrogens is 286 g/mol. The quantitative estimate of drug-likeness (QED) is 0.472. The molecule has 0 N–H and O–H groups in total. The van der Waals surface area contributed by atoms with E-state index in [1.807, 2.05) is 17.8 Å². The first-order chi connectivity index (χ1) is 9.74. The maximum absolute atomic E-state index is 4.51. The van der Waals surface area contributed by atoms with Crippen LogP contribution in [0.25, 0.3) is 0 Å². The second-order valence-corrected chi connectivity index (χ2v) is 5.83. The summed E-state index contributed by atoms with van der Waals surface area (Å²) in [5, 5.41) is 6.56. The number of aryl methyl sites for hydroxylation is 1. The molecule has 2 aromatic rings. The van der Waals surface area contributed by atoms with Crippen LogP contribution in [0.5, 0.6) is 0 Å². The third kappa shape index (κ3) is 3.71. The van der Waals surface area contributed by atoms with Gasteiger partial charge in [-0.2, -0.15) is 5.10 Å². The normalized spacial score (nSPS) is 12.2. The number of thiazole rings is 1. The van der Waals surface area contributed by atoms with E-state index in [9.17, 15) is 0 Å². The van der Waals surface area contributed by atoms with Crippen molar-refractivity contribution in [3.63, 3.8) is 0 Å². The Labute approximate surface area is 127 Å². The van der Waals surface area contributed by atoms with Crippen molar-refractivity contribution in [1.29, 1.82) is 0 Å². The first-order valence-corrected chi connectivity index (χ1v) is 8.32. The molecule has 0 bridgehead atoms. The van der Waals surface area contributed by atoms with Gasteiger partial charge >= 0.3 is 0 Å². The minimum absolute atomic E-state index is 0.609. The highest BCUT2D eigenvalue weighted by molar-refractivity contribution is 7.98. The summed E-state index contributed by atoms with van der Waals surface area (Å²) in [7, 11) is 0. The SMILES string of the molecule is C=CCN=c1scc(C)n1N=Cc1ccc(SC)cc1. The molecule has 0 radical (unpaired) electrons. The molecule has 1 aromatic heterocycles. The van der Waals surface area contributed by atoms with Crippen LogP contribution in [0.3, 0.4) is 0 Å². The smallest absolute Gasteiger partial charge is 0.206 e. The fourth-order valence-corrected chi connectivity index (χ4v) is 2.81. The van der Waals surface area contributed by atoms with Gasteiger partial charge in [0.1, 0.15) is 0 Å². The van der Waals surface area contributed by atoms with Gasteiger partial charge in [0, 0.05) is 10.3 Å². The topological polar surface area (TPSA) is 29.6 Å². The third-order valence-electron chi connectivity index (χ3n) is 2.64. The van der Waals surface area contributed by atoms with Crippen molar-refractivity contribution in [1.82, 2.24) is 4.68 Å². The summed E-state index contributed by atoms with van der Waals surface area (Å²) in [5.41, 5.74) is 2.16. The molecule has 104 valence electrons. The summed E-state index contributed by atoms with van der Waals surface area (Å²) in [6.45, 7) is 6.32. The Morgan fingerprint density at radius 2 is 2.10 bits per heavy atom. The Bertz CT molecular complexity index is 663. The van der Waals surface area contributed by atoms with Gasteiger partial charge in [0.25, 0.3) is 0 Å². The molecule has 3 nitrogen and oxygen atoms in total. The molecule has 0 atom stereocenters. The molecule has 5 heteroatoms. The summed E-state index contributed by atoms with van der Waals surface area (Å²) < 4.78 is 1.86. The number of hydrogen-bond acceptors (Lipinski definition) is 4. The van der Waals surface area contributed by atoms with Crippen molar-refractivity contribution in [3.05, 3.63) is 58.4 Å². The van der Waals surface area contributed by atoms with Crippen molar-refractivity contribution >= 4 is 29.3 Å². The Morgan fingerprint density at radius 1 is 1.35 bits per heavy atom. The number of benzene rings is 1. The number of aromatic nitrogens is 1. The van der Waals surface area contributed by atoms with E-state index in [4.69, 9.17) is 0 Å². The van der Waals surface area contributed by atoms with E-state index >= 15 is 0 Å². The highest BCUT2D eigenvalue weighted by Crippen LogP contribution is 2.14. The zero-order valence-corrected chi connectivity index (χ0v) is 13.2. The molecule has 20 heavy (non-hydrogen) atoms. The molecule has 0 saturated carbocycles. The largest absolute Gasteiger partial charge is 0.253 e. The van der Waals surface area contributed by atoms with Crippen molar-refractivity contribution < 1.29 is 0 Å². The van der Waals surface area contributed by atoms with Gasteiger partial charge in [-0.1, -0.05) is 18.2 Å². The van der Waals surface area contributed by atoms with Crippen LogP contribution >= 0.6 is 23.1 Å². The molecular formula is C15H17N3S2. The number of thioether (sulfide) groups is 1. The fourth-order valence-electron chi connectivity index (χ4n) is 1.59. The molecule has 1 aromatic carbocycles. The van der Waals surface area contributed by atoms with Crippen LogP contribution in [0.1, 0.15) is 11.3 Å². The van der Waals surface area contributed by atoms with E-state index in [0.29, 0.717) is 6.54 Å². The van der Waals surface area contributed by atoms with E-state index < -0.39 is 0 Å². The van der Waals surface area contributed by atoms with Crippen LogP contribution < -0.4 is 4.80 Å². The lowest BCUT2D eigenvalue weighted by atomic mass is 10.2. The van der Waals surface area contributed by atoms with E-state index in [0.717, 1.165) is 16.1 Å². The van der Waals surface area contributed by atoms with Crippen LogP contribution in [0, 0.1) is 6.92 Å². The number of rotatable bonds is 5. The molecule has 0 spiro atoms. The van der Waals surface area contributed by atoms with Gasteiger partial charge < -0.3 is 0 Å². The van der Waals surface area contributed by atoms with Gasteiger partial charge in [-0.15, -0.1) is 29.7 Å². The molecule has 0 saturated heterocycles. The van der Waals surface area contributed by atoms with Crippen LogP contribution in [0.2, 0.25) is 0 Å². The lowest BCUT2D eigenvalue weighted by molar-refractivity contribution is 0.799. The zero-order valence-electron chi connectivity index (χ0n) is 11.6. The molecule has 0 amide bonds. The average molecular weight is 303 g/mol. The van der Waals surface area contributed by atoms with Gasteiger partial charge in [0.05, 0.1) is 18.5 Å². The van der Waals surface area contributed by atoms with Gasteiger partial charge in [-0.05, 0) is 30.9 Å².